The van der Waals surface area contributed by atoms with Crippen molar-refractivity contribution in [1.82, 2.24) is 0 Å². The first-order valence-electron chi connectivity index (χ1n) is 10.5. The fourth-order valence-corrected chi connectivity index (χ4v) is 4.35. The highest BCUT2D eigenvalue weighted by Crippen LogP contribution is 2.49. The van der Waals surface area contributed by atoms with Crippen LogP contribution in [0.15, 0.2) is 36.0 Å². The number of methoxy groups -OCH3 is 1. The van der Waals surface area contributed by atoms with E-state index in [1.54, 1.807) is 32.9 Å². The smallest absolute Gasteiger partial charge is 0.341 e. The Morgan fingerprint density at radius 1 is 1.15 bits per heavy atom. The lowest BCUT2D eigenvalue weighted by atomic mass is 9.81. The third kappa shape index (κ3) is 3.87. The number of fused-ring (bicyclic) bond motifs is 3. The topological polar surface area (TPSA) is 130 Å². The van der Waals surface area contributed by atoms with Crippen LogP contribution in [0, 0.1) is 5.92 Å². The average Bonchev–Trinajstić information content (AvgIpc) is 3.57. The number of allylic oxidation sites excluding steroid dienone is 2. The lowest BCUT2D eigenvalue weighted by molar-refractivity contribution is -0.174. The van der Waals surface area contributed by atoms with Gasteiger partial charge in [0.1, 0.15) is 17.8 Å². The minimum Gasteiger partial charge on any atom is -0.466 e. The first kappa shape index (κ1) is 23.2. The van der Waals surface area contributed by atoms with Gasteiger partial charge >= 0.3 is 23.9 Å². The molecule has 0 radical (unpaired) electrons. The van der Waals surface area contributed by atoms with Gasteiger partial charge in [-0.05, 0) is 26.8 Å². The molecule has 0 aromatic heterocycles. The second kappa shape index (κ2) is 7.81. The molecule has 4 aliphatic rings. The minimum atomic E-state index is -1.41. The molecule has 10 nitrogen and oxygen atoms in total. The van der Waals surface area contributed by atoms with Gasteiger partial charge in [0.05, 0.1) is 24.7 Å². The van der Waals surface area contributed by atoms with E-state index in [9.17, 15) is 19.2 Å². The summed E-state index contributed by atoms with van der Waals surface area (Å²) in [6.07, 6.45) is 0.0606. The number of rotatable bonds is 4. The molecule has 178 valence electrons. The van der Waals surface area contributed by atoms with Crippen LogP contribution in [0.2, 0.25) is 0 Å². The monoisotopic (exact) mass is 462 g/mol. The predicted molar refractivity (Wildman–Crippen MR) is 109 cm³/mol. The van der Waals surface area contributed by atoms with Gasteiger partial charge in [-0.1, -0.05) is 18.7 Å². The minimum absolute atomic E-state index is 0.0106. The molecule has 1 aliphatic carbocycles. The number of hydrogen-bond acceptors (Lipinski definition) is 10. The van der Waals surface area contributed by atoms with E-state index in [1.165, 1.54) is 13.2 Å². The van der Waals surface area contributed by atoms with Gasteiger partial charge in [0.25, 0.3) is 0 Å². The fraction of sp³-hybridized carbons (Fsp3) is 0.565. The Hall–Kier alpha value is -2.98. The van der Waals surface area contributed by atoms with Crippen LogP contribution in [0.25, 0.3) is 0 Å². The number of carbonyl (C=O) groups excluding carboxylic acids is 4. The van der Waals surface area contributed by atoms with Crippen molar-refractivity contribution in [2.75, 3.05) is 7.11 Å². The summed E-state index contributed by atoms with van der Waals surface area (Å²) in [5, 5.41) is 0. The van der Waals surface area contributed by atoms with Gasteiger partial charge in [-0.25, -0.2) is 14.4 Å². The third-order valence-corrected chi connectivity index (χ3v) is 6.61. The molecule has 0 N–H and O–H groups in total. The van der Waals surface area contributed by atoms with E-state index in [-0.39, 0.29) is 11.1 Å². The maximum atomic E-state index is 13.0. The van der Waals surface area contributed by atoms with Crippen molar-refractivity contribution in [3.8, 4) is 0 Å². The summed E-state index contributed by atoms with van der Waals surface area (Å²) in [5.41, 5.74) is -2.08. The quantitative estimate of drug-likeness (QED) is 0.257. The largest absolute Gasteiger partial charge is 0.466 e. The molecule has 0 spiro atoms. The van der Waals surface area contributed by atoms with Gasteiger partial charge in [-0.3, -0.25) is 4.79 Å². The number of hydrogen-bond donors (Lipinski definition) is 0. The van der Waals surface area contributed by atoms with Crippen molar-refractivity contribution in [3.05, 3.63) is 36.0 Å². The van der Waals surface area contributed by atoms with Crippen molar-refractivity contribution < 1.29 is 47.6 Å². The molecule has 3 fully saturated rings. The zero-order valence-electron chi connectivity index (χ0n) is 19.0. The van der Waals surface area contributed by atoms with E-state index in [4.69, 9.17) is 28.4 Å². The predicted octanol–water partition coefficient (Wildman–Crippen LogP) is 0.932. The lowest BCUT2D eigenvalue weighted by Gasteiger charge is -2.33. The van der Waals surface area contributed by atoms with Crippen molar-refractivity contribution in [2.24, 2.45) is 5.92 Å². The molecular formula is C23H26O10. The van der Waals surface area contributed by atoms with Crippen LogP contribution in [0.3, 0.4) is 0 Å². The highest BCUT2D eigenvalue weighted by Gasteiger charge is 2.65. The molecule has 0 aromatic rings. The molecule has 0 aromatic carbocycles. The zero-order valence-corrected chi connectivity index (χ0v) is 19.0. The lowest BCUT2D eigenvalue weighted by Crippen LogP contribution is -2.49. The summed E-state index contributed by atoms with van der Waals surface area (Å²) >= 11 is 0. The van der Waals surface area contributed by atoms with Gasteiger partial charge in [-0.2, -0.15) is 0 Å². The summed E-state index contributed by atoms with van der Waals surface area (Å²) < 4.78 is 32.9. The van der Waals surface area contributed by atoms with Gasteiger partial charge in [0.2, 0.25) is 0 Å². The number of epoxide rings is 2. The molecule has 3 saturated heterocycles. The van der Waals surface area contributed by atoms with Gasteiger partial charge < -0.3 is 28.4 Å². The molecule has 3 heterocycles. The molecule has 4 rings (SSSR count). The molecule has 3 aliphatic heterocycles. The molecule has 0 unspecified atom stereocenters. The third-order valence-electron chi connectivity index (χ3n) is 6.61. The average molecular weight is 462 g/mol. The molecule has 33 heavy (non-hydrogen) atoms. The second-order valence-corrected chi connectivity index (χ2v) is 8.88. The maximum absolute atomic E-state index is 13.0. The van der Waals surface area contributed by atoms with Gasteiger partial charge in [-0.15, -0.1) is 0 Å². The van der Waals surface area contributed by atoms with Crippen molar-refractivity contribution in [1.29, 1.82) is 0 Å². The number of ether oxygens (including phenoxy) is 6. The zero-order chi connectivity index (χ0) is 24.3. The second-order valence-electron chi connectivity index (χ2n) is 8.88. The normalized spacial score (nSPS) is 43.6. The van der Waals surface area contributed by atoms with Crippen LogP contribution in [0.5, 0.6) is 0 Å². The van der Waals surface area contributed by atoms with E-state index in [0.29, 0.717) is 0 Å². The van der Waals surface area contributed by atoms with Gasteiger partial charge in [0.15, 0.2) is 17.8 Å². The van der Waals surface area contributed by atoms with Crippen LogP contribution in [0.4, 0.5) is 0 Å². The highest BCUT2D eigenvalue weighted by molar-refractivity contribution is 5.93. The van der Waals surface area contributed by atoms with E-state index >= 15 is 0 Å². The Bertz CT molecular complexity index is 995. The van der Waals surface area contributed by atoms with Gasteiger partial charge in [0, 0.05) is 12.5 Å². The summed E-state index contributed by atoms with van der Waals surface area (Å²) in [6, 6.07) is 0. The van der Waals surface area contributed by atoms with E-state index in [1.807, 2.05) is 0 Å². The van der Waals surface area contributed by atoms with Crippen LogP contribution in [-0.4, -0.2) is 72.7 Å². The molecule has 0 bridgehead atoms. The summed E-state index contributed by atoms with van der Waals surface area (Å²) in [5.74, 6) is -3.94. The van der Waals surface area contributed by atoms with Crippen molar-refractivity contribution in [2.45, 2.75) is 69.4 Å². The Morgan fingerprint density at radius 2 is 1.82 bits per heavy atom. The first-order valence-corrected chi connectivity index (χ1v) is 10.5. The van der Waals surface area contributed by atoms with Crippen LogP contribution < -0.4 is 0 Å². The fourth-order valence-electron chi connectivity index (χ4n) is 4.35. The van der Waals surface area contributed by atoms with Crippen LogP contribution in [0.1, 0.15) is 27.7 Å². The summed E-state index contributed by atoms with van der Waals surface area (Å²) in [7, 11) is 1.17. The number of esters is 4. The summed E-state index contributed by atoms with van der Waals surface area (Å²) in [4.78, 5) is 50.3. The van der Waals surface area contributed by atoms with E-state index in [0.717, 1.165) is 6.92 Å². The highest BCUT2D eigenvalue weighted by atomic mass is 16.7. The maximum Gasteiger partial charge on any atom is 0.341 e. The molecular weight excluding hydrogens is 436 g/mol. The molecule has 0 saturated carbocycles. The van der Waals surface area contributed by atoms with Crippen LogP contribution in [-0.2, 0) is 47.6 Å². The standard InChI is InChI=1S/C23H26O10/c1-10-14-16(31-21(27)23(5)11(2)32-23)15(29-12(3)24)13(20(26)28-6)8-7-9-22(4)18(33-22)17(14)30-19(10)25/h7-9,11,14-18H,1H2,2-6H3/b9-7-,13-8+/t11-,14+,15-,16-,17-,18+,22+,23-/m0/s1. The summed E-state index contributed by atoms with van der Waals surface area (Å²) in [6.45, 7) is 10.0. The Labute approximate surface area is 190 Å². The van der Waals surface area contributed by atoms with E-state index in [2.05, 4.69) is 6.58 Å². The molecule has 0 amide bonds. The Morgan fingerprint density at radius 3 is 2.39 bits per heavy atom. The molecule has 10 heteroatoms. The first-order chi connectivity index (χ1) is 15.4. The Balaban J connectivity index is 1.85. The Kier molecular flexibility index (Phi) is 5.49. The van der Waals surface area contributed by atoms with Crippen molar-refractivity contribution >= 4 is 23.9 Å². The van der Waals surface area contributed by atoms with Crippen LogP contribution >= 0.6 is 0 Å². The van der Waals surface area contributed by atoms with Crippen molar-refractivity contribution in [3.63, 3.8) is 0 Å². The number of carbonyl (C=O) groups is 4. The SMILES string of the molecule is C=C1C(=O)O[C@H]2[C@H]1[C@H](OC(=O)[C@@]1(C)O[C@H]1C)[C@@H](OC(C)=O)/C(C(=O)OC)=C\C=C/[C@@]1(C)O[C@H]21. The molecule has 8 atom stereocenters. The van der Waals surface area contributed by atoms with E-state index < -0.39 is 71.5 Å².